The third kappa shape index (κ3) is 46.5. The van der Waals surface area contributed by atoms with Crippen molar-refractivity contribution < 1.29 is 32.9 Å². The Labute approximate surface area is 384 Å². The van der Waals surface area contributed by atoms with Gasteiger partial charge >= 0.3 is 7.82 Å². The lowest BCUT2D eigenvalue weighted by Gasteiger charge is -2.26. The van der Waals surface area contributed by atoms with E-state index in [2.05, 4.69) is 55.6 Å². The smallest absolute Gasteiger partial charge is 0.391 e. The molecule has 9 heteroatoms. The van der Waals surface area contributed by atoms with Crippen molar-refractivity contribution in [2.24, 2.45) is 0 Å². The third-order valence-electron chi connectivity index (χ3n) is 11.6. The summed E-state index contributed by atoms with van der Waals surface area (Å²) in [6.45, 7) is 4.73. The molecule has 3 unspecified atom stereocenters. The van der Waals surface area contributed by atoms with Crippen LogP contribution in [0.25, 0.3) is 0 Å². The fourth-order valence-electron chi connectivity index (χ4n) is 7.53. The van der Waals surface area contributed by atoms with Gasteiger partial charge in [-0.05, 0) is 38.5 Å². The lowest BCUT2D eigenvalue weighted by Crippen LogP contribution is -2.46. The van der Waals surface area contributed by atoms with E-state index in [0.717, 1.165) is 44.9 Å². The molecule has 0 bridgehead atoms. The first-order valence-corrected chi connectivity index (χ1v) is 27.5. The molecule has 0 rings (SSSR count). The second-order valence-electron chi connectivity index (χ2n) is 18.9. The summed E-state index contributed by atoms with van der Waals surface area (Å²) in [7, 11) is 1.57. The van der Waals surface area contributed by atoms with E-state index in [4.69, 9.17) is 9.05 Å². The number of carbonyl (C=O) groups excluding carboxylic acids is 1. The Morgan fingerprint density at radius 3 is 1.32 bits per heavy atom. The fourth-order valence-corrected chi connectivity index (χ4v) is 8.26. The van der Waals surface area contributed by atoms with E-state index in [1.807, 2.05) is 33.3 Å². The van der Waals surface area contributed by atoms with Gasteiger partial charge < -0.3 is 19.8 Å². The number of unbranched alkanes of at least 4 members (excludes halogenated alkanes) is 26. The second-order valence-corrected chi connectivity index (χ2v) is 20.3. The maximum absolute atomic E-state index is 12.9. The number of carbonyl (C=O) groups is 1. The Kier molecular flexibility index (Phi) is 43.5. The molecular formula is C53H102N2O6P+. The van der Waals surface area contributed by atoms with Gasteiger partial charge in [0.2, 0.25) is 5.91 Å². The quantitative estimate of drug-likeness (QED) is 0.0243. The van der Waals surface area contributed by atoms with Crippen molar-refractivity contribution in [3.63, 3.8) is 0 Å². The number of hydrogen-bond donors (Lipinski definition) is 3. The Balaban J connectivity index is 4.17. The molecule has 3 N–H and O–H groups in total. The summed E-state index contributed by atoms with van der Waals surface area (Å²) >= 11 is 0. The van der Waals surface area contributed by atoms with Gasteiger partial charge in [-0.3, -0.25) is 13.8 Å². The van der Waals surface area contributed by atoms with Gasteiger partial charge in [0, 0.05) is 6.42 Å². The summed E-state index contributed by atoms with van der Waals surface area (Å²) in [6.07, 6.45) is 57.6. The van der Waals surface area contributed by atoms with Gasteiger partial charge in [0.05, 0.1) is 39.9 Å². The number of phosphoric ester groups is 1. The summed E-state index contributed by atoms with van der Waals surface area (Å²) in [6, 6.07) is -0.800. The van der Waals surface area contributed by atoms with Crippen LogP contribution in [0.1, 0.15) is 232 Å². The van der Waals surface area contributed by atoms with Crippen LogP contribution in [-0.4, -0.2) is 73.4 Å². The zero-order valence-electron chi connectivity index (χ0n) is 41.4. The van der Waals surface area contributed by atoms with Crippen LogP contribution < -0.4 is 5.32 Å². The van der Waals surface area contributed by atoms with Gasteiger partial charge in [0.1, 0.15) is 13.2 Å². The predicted molar refractivity (Wildman–Crippen MR) is 267 cm³/mol. The van der Waals surface area contributed by atoms with Crippen molar-refractivity contribution in [3.8, 4) is 0 Å². The molecule has 0 fully saturated rings. The molecule has 3 atom stereocenters. The van der Waals surface area contributed by atoms with Crippen LogP contribution in [0.2, 0.25) is 0 Å². The zero-order valence-corrected chi connectivity index (χ0v) is 42.3. The van der Waals surface area contributed by atoms with Crippen LogP contribution >= 0.6 is 7.82 Å². The van der Waals surface area contributed by atoms with Gasteiger partial charge in [-0.2, -0.15) is 0 Å². The molecule has 0 spiro atoms. The van der Waals surface area contributed by atoms with E-state index < -0.39 is 20.0 Å². The molecule has 364 valence electrons. The van der Waals surface area contributed by atoms with Crippen LogP contribution in [0.3, 0.4) is 0 Å². The third-order valence-corrected chi connectivity index (χ3v) is 12.6. The Bertz CT molecular complexity index is 1150. The molecule has 0 aliphatic carbocycles. The summed E-state index contributed by atoms with van der Waals surface area (Å²) in [5.74, 6) is -0.223. The number of amides is 1. The van der Waals surface area contributed by atoms with E-state index in [1.54, 1.807) is 0 Å². The molecule has 0 aromatic carbocycles. The first-order valence-electron chi connectivity index (χ1n) is 26.0. The normalized spacial score (nSPS) is 14.5. The van der Waals surface area contributed by atoms with Crippen molar-refractivity contribution >= 4 is 13.7 Å². The standard InChI is InChI=1S/C53H101N2O6P/c1-6-8-10-12-14-16-18-20-21-22-23-24-25-26-27-28-29-30-31-32-33-35-36-38-40-42-44-46-52(56)51(50-61-62(58,59)60-49-48-55(3,4)5)54-53(57)47-45-43-41-39-37-34-19-17-15-13-11-9-7-2/h9,11,15,17,34,37,41,43,51-52,56H,6-8,10,12-14,16,18-33,35-36,38-40,42,44-50H2,1-5H3,(H-,54,57,58,59)/p+1/b11-9-,17-15-,37-34-,43-41-. The molecule has 8 nitrogen and oxygen atoms in total. The molecule has 0 aromatic rings. The van der Waals surface area contributed by atoms with Gasteiger partial charge in [0.25, 0.3) is 0 Å². The number of phosphoric acid groups is 1. The number of nitrogens with one attached hydrogen (secondary N) is 1. The van der Waals surface area contributed by atoms with Crippen LogP contribution in [0.15, 0.2) is 48.6 Å². The molecule has 1 amide bonds. The van der Waals surface area contributed by atoms with Crippen LogP contribution in [0.4, 0.5) is 0 Å². The van der Waals surface area contributed by atoms with Crippen LogP contribution in [0.5, 0.6) is 0 Å². The minimum absolute atomic E-state index is 0.0608. The Hall–Kier alpha value is -1.54. The van der Waals surface area contributed by atoms with E-state index in [9.17, 15) is 19.4 Å². The van der Waals surface area contributed by atoms with Crippen molar-refractivity contribution in [2.75, 3.05) is 40.9 Å². The molecule has 0 aromatic heterocycles. The lowest BCUT2D eigenvalue weighted by atomic mass is 10.0. The Morgan fingerprint density at radius 1 is 0.565 bits per heavy atom. The summed E-state index contributed by atoms with van der Waals surface area (Å²) in [4.78, 5) is 23.1. The summed E-state index contributed by atoms with van der Waals surface area (Å²) in [5, 5.41) is 13.9. The average molecular weight is 894 g/mol. The molecule has 0 aliphatic heterocycles. The predicted octanol–water partition coefficient (Wildman–Crippen LogP) is 15.2. The van der Waals surface area contributed by atoms with E-state index in [0.29, 0.717) is 23.9 Å². The van der Waals surface area contributed by atoms with Gasteiger partial charge in [-0.25, -0.2) is 4.57 Å². The van der Waals surface area contributed by atoms with E-state index in [1.165, 1.54) is 154 Å². The molecule has 0 radical (unpaired) electrons. The number of aliphatic hydroxyl groups excluding tert-OH is 1. The van der Waals surface area contributed by atoms with E-state index in [-0.39, 0.29) is 25.5 Å². The van der Waals surface area contributed by atoms with Gasteiger partial charge in [-0.1, -0.05) is 236 Å². The highest BCUT2D eigenvalue weighted by Crippen LogP contribution is 2.43. The number of nitrogens with zero attached hydrogens (tertiary/aromatic N) is 1. The highest BCUT2D eigenvalue weighted by Gasteiger charge is 2.28. The largest absolute Gasteiger partial charge is 0.472 e. The van der Waals surface area contributed by atoms with Crippen molar-refractivity contribution in [2.45, 2.75) is 244 Å². The molecule has 0 saturated heterocycles. The minimum Gasteiger partial charge on any atom is -0.391 e. The first kappa shape index (κ1) is 60.5. The lowest BCUT2D eigenvalue weighted by molar-refractivity contribution is -0.870. The maximum atomic E-state index is 12.9. The number of hydrogen-bond acceptors (Lipinski definition) is 5. The summed E-state index contributed by atoms with van der Waals surface area (Å²) < 4.78 is 23.6. The Morgan fingerprint density at radius 2 is 0.935 bits per heavy atom. The molecule has 0 heterocycles. The number of likely N-dealkylation sites (N-methyl/N-ethyl adjacent to an activating group) is 1. The SMILES string of the molecule is CC/C=C\C/C=C\C/C=C\C/C=C\CCC(=O)NC(COP(=O)(O)OCC[N+](C)(C)C)C(O)CCCCCCCCCCCCCCCCCCCCCCCCCCCCC. The maximum Gasteiger partial charge on any atom is 0.472 e. The summed E-state index contributed by atoms with van der Waals surface area (Å²) in [5.41, 5.74) is 0. The average Bonchev–Trinajstić information content (AvgIpc) is 3.23. The van der Waals surface area contributed by atoms with Crippen LogP contribution in [-0.2, 0) is 18.4 Å². The minimum atomic E-state index is -4.34. The number of quaternary nitrogens is 1. The second kappa shape index (κ2) is 44.7. The van der Waals surface area contributed by atoms with Crippen molar-refractivity contribution in [1.29, 1.82) is 0 Å². The zero-order chi connectivity index (χ0) is 45.7. The number of rotatable bonds is 47. The molecule has 0 saturated carbocycles. The van der Waals surface area contributed by atoms with Crippen molar-refractivity contribution in [1.82, 2.24) is 5.32 Å². The van der Waals surface area contributed by atoms with Crippen LogP contribution in [0, 0.1) is 0 Å². The number of aliphatic hydroxyl groups is 1. The highest BCUT2D eigenvalue weighted by molar-refractivity contribution is 7.47. The monoisotopic (exact) mass is 894 g/mol. The molecule has 62 heavy (non-hydrogen) atoms. The van der Waals surface area contributed by atoms with Gasteiger partial charge in [-0.15, -0.1) is 0 Å². The van der Waals surface area contributed by atoms with E-state index >= 15 is 0 Å². The molecule has 0 aliphatic rings. The number of allylic oxidation sites excluding steroid dienone is 8. The fraction of sp³-hybridized carbons (Fsp3) is 0.830. The first-order chi connectivity index (χ1) is 30.0. The topological polar surface area (TPSA) is 105 Å². The highest BCUT2D eigenvalue weighted by atomic mass is 31.2. The molecular weight excluding hydrogens is 792 g/mol. The van der Waals surface area contributed by atoms with Gasteiger partial charge in [0.15, 0.2) is 0 Å². The van der Waals surface area contributed by atoms with Crippen molar-refractivity contribution in [3.05, 3.63) is 48.6 Å².